The molecule has 0 aromatic heterocycles. The van der Waals surface area contributed by atoms with Crippen LogP contribution in [0.3, 0.4) is 0 Å². The van der Waals surface area contributed by atoms with E-state index in [4.69, 9.17) is 10.2 Å². The van der Waals surface area contributed by atoms with Crippen molar-refractivity contribution in [3.63, 3.8) is 0 Å². The number of hydrogen-bond acceptors (Lipinski definition) is 4. The number of rotatable bonds is 9. The van der Waals surface area contributed by atoms with Crippen LogP contribution in [-0.2, 0) is 0 Å². The SMILES string of the molecule is OCCN(CCO)CC1(CNC2CC2)CCCC1. The molecule has 4 nitrogen and oxygen atoms in total. The molecule has 0 spiro atoms. The van der Waals surface area contributed by atoms with Gasteiger partial charge in [0.25, 0.3) is 0 Å². The van der Waals surface area contributed by atoms with E-state index in [0.29, 0.717) is 18.5 Å². The van der Waals surface area contributed by atoms with Gasteiger partial charge in [-0.1, -0.05) is 12.8 Å². The standard InChI is InChI=1S/C14H28N2O2/c17-9-7-16(8-10-18)12-14(5-1-2-6-14)11-15-13-3-4-13/h13,15,17-18H,1-12H2. The normalized spacial score (nSPS) is 22.8. The number of aliphatic hydroxyl groups is 2. The van der Waals surface area contributed by atoms with Crippen LogP contribution in [0.4, 0.5) is 0 Å². The molecule has 0 aromatic carbocycles. The van der Waals surface area contributed by atoms with E-state index in [0.717, 1.165) is 19.1 Å². The molecule has 0 amide bonds. The molecule has 2 fully saturated rings. The van der Waals surface area contributed by atoms with E-state index in [9.17, 15) is 0 Å². The van der Waals surface area contributed by atoms with Crippen molar-refractivity contribution in [1.29, 1.82) is 0 Å². The molecule has 0 aromatic rings. The number of aliphatic hydroxyl groups excluding tert-OH is 2. The summed E-state index contributed by atoms with van der Waals surface area (Å²) in [6.45, 7) is 3.88. The lowest BCUT2D eigenvalue weighted by Gasteiger charge is -2.35. The summed E-state index contributed by atoms with van der Waals surface area (Å²) in [5.41, 5.74) is 0.382. The monoisotopic (exact) mass is 256 g/mol. The average Bonchev–Trinajstić information content (AvgIpc) is 3.08. The van der Waals surface area contributed by atoms with Crippen molar-refractivity contribution in [2.24, 2.45) is 5.41 Å². The van der Waals surface area contributed by atoms with Gasteiger partial charge in [0.05, 0.1) is 13.2 Å². The molecule has 0 heterocycles. The zero-order valence-corrected chi connectivity index (χ0v) is 11.4. The summed E-state index contributed by atoms with van der Waals surface area (Å²) < 4.78 is 0. The second kappa shape index (κ2) is 6.85. The maximum atomic E-state index is 9.11. The van der Waals surface area contributed by atoms with Crippen LogP contribution in [-0.4, -0.2) is 60.5 Å². The lowest BCUT2D eigenvalue weighted by molar-refractivity contribution is 0.105. The van der Waals surface area contributed by atoms with E-state index in [-0.39, 0.29) is 13.2 Å². The average molecular weight is 256 g/mol. The summed E-state index contributed by atoms with van der Waals surface area (Å²) in [6, 6.07) is 0.770. The van der Waals surface area contributed by atoms with Crippen molar-refractivity contribution in [2.75, 3.05) is 39.4 Å². The van der Waals surface area contributed by atoms with Gasteiger partial charge in [-0.05, 0) is 31.1 Å². The molecule has 2 aliphatic carbocycles. The van der Waals surface area contributed by atoms with Gasteiger partial charge in [-0.25, -0.2) is 0 Å². The minimum atomic E-state index is 0.187. The van der Waals surface area contributed by atoms with Crippen LogP contribution in [0.15, 0.2) is 0 Å². The Labute approximate surface area is 110 Å². The first-order chi connectivity index (χ1) is 8.78. The second-order valence-electron chi connectivity index (χ2n) is 6.09. The maximum absolute atomic E-state index is 9.11. The summed E-state index contributed by atoms with van der Waals surface area (Å²) >= 11 is 0. The molecule has 0 aliphatic heterocycles. The smallest absolute Gasteiger partial charge is 0.0558 e. The summed E-state index contributed by atoms with van der Waals surface area (Å²) in [4.78, 5) is 2.22. The van der Waals surface area contributed by atoms with E-state index in [1.807, 2.05) is 0 Å². The minimum absolute atomic E-state index is 0.187. The van der Waals surface area contributed by atoms with Crippen molar-refractivity contribution in [2.45, 2.75) is 44.6 Å². The maximum Gasteiger partial charge on any atom is 0.0558 e. The summed E-state index contributed by atoms with van der Waals surface area (Å²) in [5, 5.41) is 21.9. The van der Waals surface area contributed by atoms with Crippen LogP contribution in [0, 0.1) is 5.41 Å². The van der Waals surface area contributed by atoms with E-state index in [1.54, 1.807) is 0 Å². The predicted molar refractivity (Wildman–Crippen MR) is 72.5 cm³/mol. The van der Waals surface area contributed by atoms with Gasteiger partial charge in [0.2, 0.25) is 0 Å². The second-order valence-corrected chi connectivity index (χ2v) is 6.09. The number of hydrogen-bond donors (Lipinski definition) is 3. The lowest BCUT2D eigenvalue weighted by atomic mass is 9.85. The highest BCUT2D eigenvalue weighted by Gasteiger charge is 2.36. The minimum Gasteiger partial charge on any atom is -0.395 e. The fourth-order valence-electron chi connectivity index (χ4n) is 3.19. The van der Waals surface area contributed by atoms with Gasteiger partial charge in [-0.3, -0.25) is 4.90 Å². The molecule has 0 bridgehead atoms. The highest BCUT2D eigenvalue weighted by molar-refractivity contribution is 4.92. The molecule has 0 unspecified atom stereocenters. The van der Waals surface area contributed by atoms with Gasteiger partial charge in [0.15, 0.2) is 0 Å². The predicted octanol–water partition coefficient (Wildman–Crippen LogP) is 0.585. The van der Waals surface area contributed by atoms with Gasteiger partial charge in [0, 0.05) is 32.2 Å². The summed E-state index contributed by atoms with van der Waals surface area (Å²) in [7, 11) is 0. The van der Waals surface area contributed by atoms with Crippen molar-refractivity contribution in [3.05, 3.63) is 0 Å². The fraction of sp³-hybridized carbons (Fsp3) is 1.00. The van der Waals surface area contributed by atoms with Gasteiger partial charge in [0.1, 0.15) is 0 Å². The van der Waals surface area contributed by atoms with Crippen LogP contribution >= 0.6 is 0 Å². The highest BCUT2D eigenvalue weighted by atomic mass is 16.3. The Morgan fingerprint density at radius 2 is 1.67 bits per heavy atom. The van der Waals surface area contributed by atoms with Crippen LogP contribution in [0.1, 0.15) is 38.5 Å². The third-order valence-electron chi connectivity index (χ3n) is 4.40. The molecule has 3 N–H and O–H groups in total. The Bertz CT molecular complexity index is 232. The van der Waals surface area contributed by atoms with E-state index < -0.39 is 0 Å². The van der Waals surface area contributed by atoms with Gasteiger partial charge < -0.3 is 15.5 Å². The third-order valence-corrected chi connectivity index (χ3v) is 4.40. The first-order valence-corrected chi connectivity index (χ1v) is 7.45. The zero-order chi connectivity index (χ0) is 12.8. The van der Waals surface area contributed by atoms with Crippen LogP contribution in [0.5, 0.6) is 0 Å². The third kappa shape index (κ3) is 4.19. The molecule has 106 valence electrons. The molecule has 2 saturated carbocycles. The highest BCUT2D eigenvalue weighted by Crippen LogP contribution is 2.39. The van der Waals surface area contributed by atoms with E-state index in [1.165, 1.54) is 38.5 Å². The number of nitrogens with one attached hydrogen (secondary N) is 1. The first-order valence-electron chi connectivity index (χ1n) is 7.45. The van der Waals surface area contributed by atoms with Crippen molar-refractivity contribution < 1.29 is 10.2 Å². The van der Waals surface area contributed by atoms with Crippen molar-refractivity contribution >= 4 is 0 Å². The van der Waals surface area contributed by atoms with Crippen molar-refractivity contribution in [3.8, 4) is 0 Å². The molecule has 2 aliphatic rings. The van der Waals surface area contributed by atoms with Crippen molar-refractivity contribution in [1.82, 2.24) is 10.2 Å². The molecule has 0 radical (unpaired) electrons. The van der Waals surface area contributed by atoms with Crippen LogP contribution in [0.25, 0.3) is 0 Å². The Balaban J connectivity index is 1.85. The molecule has 0 atom stereocenters. The zero-order valence-electron chi connectivity index (χ0n) is 11.4. The largest absolute Gasteiger partial charge is 0.395 e. The van der Waals surface area contributed by atoms with Crippen LogP contribution in [0.2, 0.25) is 0 Å². The Hall–Kier alpha value is -0.160. The summed E-state index contributed by atoms with van der Waals surface area (Å²) in [5.74, 6) is 0. The van der Waals surface area contributed by atoms with E-state index >= 15 is 0 Å². The molecule has 0 saturated heterocycles. The van der Waals surface area contributed by atoms with E-state index in [2.05, 4.69) is 10.2 Å². The molecule has 2 rings (SSSR count). The quantitative estimate of drug-likeness (QED) is 0.565. The molecular weight excluding hydrogens is 228 g/mol. The van der Waals surface area contributed by atoms with Gasteiger partial charge in [-0.2, -0.15) is 0 Å². The first kappa shape index (κ1) is 14.3. The molecule has 4 heteroatoms. The topological polar surface area (TPSA) is 55.7 Å². The Morgan fingerprint density at radius 1 is 1.06 bits per heavy atom. The van der Waals surface area contributed by atoms with Crippen LogP contribution < -0.4 is 5.32 Å². The van der Waals surface area contributed by atoms with Gasteiger partial charge >= 0.3 is 0 Å². The Kier molecular flexibility index (Phi) is 5.42. The Morgan fingerprint density at radius 3 is 2.17 bits per heavy atom. The molecule has 18 heavy (non-hydrogen) atoms. The van der Waals surface area contributed by atoms with Gasteiger partial charge in [-0.15, -0.1) is 0 Å². The number of nitrogens with zero attached hydrogens (tertiary/aromatic N) is 1. The fourth-order valence-corrected chi connectivity index (χ4v) is 3.19. The molecular formula is C14H28N2O2. The summed E-state index contributed by atoms with van der Waals surface area (Å²) in [6.07, 6.45) is 7.93. The lowest BCUT2D eigenvalue weighted by Crippen LogP contribution is -2.44.